The lowest BCUT2D eigenvalue weighted by Gasteiger charge is -2.26. The Hall–Kier alpha value is -4.10. The molecule has 0 spiro atoms. The number of ether oxygens (including phenoxy) is 2. The average Bonchev–Trinajstić information content (AvgIpc) is 3.40. The molecular formula is C31H32N2O5. The lowest BCUT2D eigenvalue weighted by molar-refractivity contribution is -0.139. The summed E-state index contributed by atoms with van der Waals surface area (Å²) < 4.78 is 11.8. The van der Waals surface area contributed by atoms with Crippen molar-refractivity contribution >= 4 is 17.4 Å². The maximum atomic E-state index is 13.4. The fourth-order valence-corrected chi connectivity index (χ4v) is 5.11. The number of aliphatic hydroxyl groups excluding tert-OH is 1. The normalized spacial score (nSPS) is 20.1. The summed E-state index contributed by atoms with van der Waals surface area (Å²) >= 11 is 0. The highest BCUT2D eigenvalue weighted by Crippen LogP contribution is 2.41. The van der Waals surface area contributed by atoms with Crippen molar-refractivity contribution in [3.05, 3.63) is 95.1 Å². The molecule has 5 rings (SSSR count). The number of carbonyl (C=O) groups is 2. The van der Waals surface area contributed by atoms with Crippen LogP contribution in [0.25, 0.3) is 5.76 Å². The summed E-state index contributed by atoms with van der Waals surface area (Å²) in [7, 11) is 3.93. The van der Waals surface area contributed by atoms with Gasteiger partial charge in [-0.25, -0.2) is 0 Å². The molecule has 3 aromatic carbocycles. The number of para-hydroxylation sites is 1. The van der Waals surface area contributed by atoms with Crippen LogP contribution in [0, 0.1) is 0 Å². The monoisotopic (exact) mass is 512 g/mol. The molecule has 0 aliphatic carbocycles. The number of fused-ring (bicyclic) bond motifs is 1. The van der Waals surface area contributed by atoms with E-state index in [2.05, 4.69) is 0 Å². The molecule has 0 bridgehead atoms. The van der Waals surface area contributed by atoms with Crippen molar-refractivity contribution in [1.29, 1.82) is 0 Å². The molecule has 2 aliphatic rings. The lowest BCUT2D eigenvalue weighted by atomic mass is 9.94. The molecule has 2 heterocycles. The third-order valence-electron chi connectivity index (χ3n) is 6.87. The van der Waals surface area contributed by atoms with E-state index in [0.29, 0.717) is 35.6 Å². The topological polar surface area (TPSA) is 79.3 Å². The second-order valence-corrected chi connectivity index (χ2v) is 10.1. The molecular weight excluding hydrogens is 480 g/mol. The largest absolute Gasteiger partial charge is 0.507 e. The highest BCUT2D eigenvalue weighted by Gasteiger charge is 2.46. The number of carbonyl (C=O) groups excluding carboxylic acids is 2. The van der Waals surface area contributed by atoms with E-state index in [1.807, 2.05) is 92.6 Å². The van der Waals surface area contributed by atoms with Gasteiger partial charge in [0.05, 0.1) is 11.6 Å². The SMILES string of the molecule is C[C@H]1Cc2cc(C(O)=C3C(=O)C(=O)N(CCCN(C)C)[C@@H]3c3cccc(Oc4ccccc4)c3)ccc2O1. The summed E-state index contributed by atoms with van der Waals surface area (Å²) in [4.78, 5) is 30.3. The van der Waals surface area contributed by atoms with Crippen molar-refractivity contribution in [2.24, 2.45) is 0 Å². The number of benzene rings is 3. The lowest BCUT2D eigenvalue weighted by Crippen LogP contribution is -2.32. The van der Waals surface area contributed by atoms with Crippen LogP contribution in [0.3, 0.4) is 0 Å². The molecule has 0 saturated carbocycles. The standard InChI is InChI=1S/C31H32N2O5/c1-20-17-23-18-22(13-14-26(23)37-20)29(34)27-28(33(31(36)30(27)35)16-8-15-32(2)3)21-9-7-12-25(19-21)38-24-10-5-4-6-11-24/h4-7,9-14,18-20,28,34H,8,15-17H2,1-3H3/t20-,28+/m0/s1. The predicted molar refractivity (Wildman–Crippen MR) is 145 cm³/mol. The van der Waals surface area contributed by atoms with Gasteiger partial charge < -0.3 is 24.4 Å². The Morgan fingerprint density at radius 3 is 2.55 bits per heavy atom. The Morgan fingerprint density at radius 2 is 1.79 bits per heavy atom. The van der Waals surface area contributed by atoms with Crippen LogP contribution in [-0.4, -0.2) is 59.9 Å². The van der Waals surface area contributed by atoms with Crippen LogP contribution in [0.4, 0.5) is 0 Å². The quantitative estimate of drug-likeness (QED) is 0.255. The molecule has 7 heteroatoms. The van der Waals surface area contributed by atoms with Crippen molar-refractivity contribution in [2.45, 2.75) is 31.9 Å². The van der Waals surface area contributed by atoms with Crippen molar-refractivity contribution in [2.75, 3.05) is 27.2 Å². The van der Waals surface area contributed by atoms with E-state index >= 15 is 0 Å². The highest BCUT2D eigenvalue weighted by molar-refractivity contribution is 6.46. The van der Waals surface area contributed by atoms with Crippen molar-refractivity contribution < 1.29 is 24.2 Å². The van der Waals surface area contributed by atoms with Gasteiger partial charge in [-0.05, 0) is 87.6 Å². The van der Waals surface area contributed by atoms with Crippen molar-refractivity contribution in [1.82, 2.24) is 9.80 Å². The van der Waals surface area contributed by atoms with Crippen LogP contribution in [0.1, 0.15) is 36.1 Å². The number of likely N-dealkylation sites (tertiary alicyclic amines) is 1. The van der Waals surface area contributed by atoms with Gasteiger partial charge in [-0.2, -0.15) is 0 Å². The van der Waals surface area contributed by atoms with Gasteiger partial charge in [0.15, 0.2) is 0 Å². The van der Waals surface area contributed by atoms with Gasteiger partial charge in [0, 0.05) is 18.5 Å². The fourth-order valence-electron chi connectivity index (χ4n) is 5.11. The Morgan fingerprint density at radius 1 is 1.03 bits per heavy atom. The molecule has 1 N–H and O–H groups in total. The first kappa shape index (κ1) is 25.5. The maximum Gasteiger partial charge on any atom is 0.295 e. The van der Waals surface area contributed by atoms with Gasteiger partial charge in [0.1, 0.15) is 29.1 Å². The molecule has 2 atom stereocenters. The molecule has 1 fully saturated rings. The first-order chi connectivity index (χ1) is 18.3. The van der Waals surface area contributed by atoms with Crippen LogP contribution in [0.15, 0.2) is 78.4 Å². The number of amides is 1. The van der Waals surface area contributed by atoms with Gasteiger partial charge in [0.2, 0.25) is 0 Å². The summed E-state index contributed by atoms with van der Waals surface area (Å²) in [6.07, 6.45) is 1.46. The Kier molecular flexibility index (Phi) is 7.20. The van der Waals surface area contributed by atoms with Crippen LogP contribution in [-0.2, 0) is 16.0 Å². The first-order valence-corrected chi connectivity index (χ1v) is 12.9. The number of nitrogens with zero attached hydrogens (tertiary/aromatic N) is 2. The minimum absolute atomic E-state index is 0.0528. The number of hydrogen-bond acceptors (Lipinski definition) is 6. The van der Waals surface area contributed by atoms with E-state index < -0.39 is 17.7 Å². The Balaban J connectivity index is 1.56. The minimum Gasteiger partial charge on any atom is -0.507 e. The summed E-state index contributed by atoms with van der Waals surface area (Å²) in [6.45, 7) is 3.13. The van der Waals surface area contributed by atoms with E-state index in [1.165, 1.54) is 0 Å². The first-order valence-electron chi connectivity index (χ1n) is 12.9. The van der Waals surface area contributed by atoms with E-state index in [4.69, 9.17) is 9.47 Å². The number of ketones is 1. The molecule has 3 aromatic rings. The molecule has 2 aliphatic heterocycles. The predicted octanol–water partition coefficient (Wildman–Crippen LogP) is 5.18. The highest BCUT2D eigenvalue weighted by atomic mass is 16.5. The van der Waals surface area contributed by atoms with E-state index in [0.717, 1.165) is 24.3 Å². The second-order valence-electron chi connectivity index (χ2n) is 10.1. The van der Waals surface area contributed by atoms with E-state index in [1.54, 1.807) is 11.0 Å². The average molecular weight is 513 g/mol. The fraction of sp³-hybridized carbons (Fsp3) is 0.290. The third kappa shape index (κ3) is 5.15. The third-order valence-corrected chi connectivity index (χ3v) is 6.87. The summed E-state index contributed by atoms with van der Waals surface area (Å²) in [6, 6.07) is 21.4. The maximum absolute atomic E-state index is 13.4. The summed E-state index contributed by atoms with van der Waals surface area (Å²) in [5.41, 5.74) is 2.25. The smallest absolute Gasteiger partial charge is 0.295 e. The number of hydrogen-bond donors (Lipinski definition) is 1. The van der Waals surface area contributed by atoms with Crippen molar-refractivity contribution in [3.8, 4) is 17.2 Å². The van der Waals surface area contributed by atoms with Gasteiger partial charge >= 0.3 is 0 Å². The zero-order valence-corrected chi connectivity index (χ0v) is 21.9. The van der Waals surface area contributed by atoms with Gasteiger partial charge in [-0.15, -0.1) is 0 Å². The molecule has 0 aromatic heterocycles. The zero-order chi connectivity index (χ0) is 26.8. The van der Waals surface area contributed by atoms with Gasteiger partial charge in [-0.3, -0.25) is 9.59 Å². The number of Topliss-reactive ketones (excluding diaryl/α,β-unsaturated/α-hetero) is 1. The Labute approximate surface area is 222 Å². The van der Waals surface area contributed by atoms with Crippen LogP contribution in [0.5, 0.6) is 17.2 Å². The molecule has 0 unspecified atom stereocenters. The molecule has 1 amide bonds. The number of aliphatic hydroxyl groups is 1. The van der Waals surface area contributed by atoms with Crippen LogP contribution in [0.2, 0.25) is 0 Å². The summed E-state index contributed by atoms with van der Waals surface area (Å²) in [5, 5.41) is 11.5. The van der Waals surface area contributed by atoms with Gasteiger partial charge in [-0.1, -0.05) is 30.3 Å². The Bertz CT molecular complexity index is 1380. The van der Waals surface area contributed by atoms with Crippen molar-refractivity contribution in [3.63, 3.8) is 0 Å². The minimum atomic E-state index is -0.736. The zero-order valence-electron chi connectivity index (χ0n) is 21.9. The summed E-state index contributed by atoms with van der Waals surface area (Å²) in [5.74, 6) is 0.566. The molecule has 38 heavy (non-hydrogen) atoms. The molecule has 196 valence electrons. The van der Waals surface area contributed by atoms with Crippen LogP contribution >= 0.6 is 0 Å². The molecule has 7 nitrogen and oxygen atoms in total. The number of rotatable bonds is 8. The van der Waals surface area contributed by atoms with Gasteiger partial charge in [0.25, 0.3) is 11.7 Å². The van der Waals surface area contributed by atoms with E-state index in [9.17, 15) is 14.7 Å². The van der Waals surface area contributed by atoms with E-state index in [-0.39, 0.29) is 17.4 Å². The second kappa shape index (κ2) is 10.7. The van der Waals surface area contributed by atoms with Crippen LogP contribution < -0.4 is 9.47 Å². The molecule has 0 radical (unpaired) electrons. The molecule has 1 saturated heterocycles.